The average Bonchev–Trinajstić information content (AvgIpc) is 2.30. The number of nitrogen functional groups attached to an aromatic ring is 1. The number of aromatic nitrogens is 2. The van der Waals surface area contributed by atoms with Crippen LogP contribution in [-0.4, -0.2) is 22.6 Å². The highest BCUT2D eigenvalue weighted by Crippen LogP contribution is 2.24. The van der Waals surface area contributed by atoms with Crippen LogP contribution in [-0.2, 0) is 0 Å². The smallest absolute Gasteiger partial charge is 0.147 e. The third kappa shape index (κ3) is 2.19. The maximum absolute atomic E-state index is 5.53. The Bertz CT molecular complexity index is 309. The Balaban J connectivity index is 2.16. The van der Waals surface area contributed by atoms with E-state index in [4.69, 9.17) is 5.73 Å². The van der Waals surface area contributed by atoms with Gasteiger partial charge in [0.05, 0.1) is 12.4 Å². The van der Waals surface area contributed by atoms with Gasteiger partial charge in [0, 0.05) is 12.6 Å². The molecule has 0 amide bonds. The molecular weight excluding hydrogens is 188 g/mol. The van der Waals surface area contributed by atoms with Gasteiger partial charge in [-0.05, 0) is 25.7 Å². The summed E-state index contributed by atoms with van der Waals surface area (Å²) in [6, 6.07) is 0.622. The van der Waals surface area contributed by atoms with Crippen molar-refractivity contribution >= 4 is 11.6 Å². The monoisotopic (exact) mass is 206 g/mol. The first-order valence-corrected chi connectivity index (χ1v) is 5.65. The van der Waals surface area contributed by atoms with E-state index in [0.717, 1.165) is 12.4 Å². The quantitative estimate of drug-likeness (QED) is 0.802. The van der Waals surface area contributed by atoms with Gasteiger partial charge in [-0.1, -0.05) is 6.92 Å². The topological polar surface area (TPSA) is 55.0 Å². The minimum atomic E-state index is 0.490. The van der Waals surface area contributed by atoms with E-state index in [1.54, 1.807) is 12.4 Å². The van der Waals surface area contributed by atoms with E-state index in [1.165, 1.54) is 25.7 Å². The number of nitrogens with zero attached hydrogens (tertiary/aromatic N) is 3. The molecule has 1 aliphatic rings. The molecular formula is C11H18N4. The van der Waals surface area contributed by atoms with Crippen molar-refractivity contribution in [3.8, 4) is 0 Å². The average molecular weight is 206 g/mol. The molecule has 1 aromatic rings. The third-order valence-electron chi connectivity index (χ3n) is 3.05. The number of anilines is 2. The molecule has 4 nitrogen and oxygen atoms in total. The first-order chi connectivity index (χ1) is 7.31. The van der Waals surface area contributed by atoms with Crippen molar-refractivity contribution in [2.75, 3.05) is 17.2 Å². The van der Waals surface area contributed by atoms with Crippen LogP contribution in [0.1, 0.15) is 32.6 Å². The number of nitrogens with two attached hydrogens (primary N) is 1. The number of piperidine rings is 1. The SMILES string of the molecule is CCC1CCCCN1c1cnc(N)cn1. The number of hydrogen-bond donors (Lipinski definition) is 1. The van der Waals surface area contributed by atoms with Crippen molar-refractivity contribution in [2.45, 2.75) is 38.6 Å². The summed E-state index contributed by atoms with van der Waals surface area (Å²) in [5.74, 6) is 1.46. The standard InChI is InChI=1S/C11H18N4/c1-2-9-5-3-4-6-15(9)11-8-13-10(12)7-14-11/h7-9H,2-6H2,1H3,(H2,12,13). The lowest BCUT2D eigenvalue weighted by Gasteiger charge is -2.35. The molecule has 0 aromatic carbocycles. The number of rotatable bonds is 2. The molecule has 0 radical (unpaired) electrons. The Labute approximate surface area is 90.5 Å². The Morgan fingerprint density at radius 2 is 2.27 bits per heavy atom. The lowest BCUT2D eigenvalue weighted by molar-refractivity contribution is 0.446. The summed E-state index contributed by atoms with van der Waals surface area (Å²) in [5.41, 5.74) is 5.53. The fourth-order valence-corrected chi connectivity index (χ4v) is 2.21. The van der Waals surface area contributed by atoms with E-state index >= 15 is 0 Å². The summed E-state index contributed by atoms with van der Waals surface area (Å²) in [6.07, 6.45) is 8.44. The minimum Gasteiger partial charge on any atom is -0.382 e. The highest BCUT2D eigenvalue weighted by Gasteiger charge is 2.21. The van der Waals surface area contributed by atoms with Crippen LogP contribution in [0.2, 0.25) is 0 Å². The molecule has 1 unspecified atom stereocenters. The number of hydrogen-bond acceptors (Lipinski definition) is 4. The van der Waals surface area contributed by atoms with Gasteiger partial charge in [-0.3, -0.25) is 0 Å². The van der Waals surface area contributed by atoms with Crippen LogP contribution in [0.4, 0.5) is 11.6 Å². The summed E-state index contributed by atoms with van der Waals surface area (Å²) < 4.78 is 0. The zero-order valence-corrected chi connectivity index (χ0v) is 9.19. The molecule has 82 valence electrons. The molecule has 2 heterocycles. The first kappa shape index (κ1) is 10.2. The maximum Gasteiger partial charge on any atom is 0.147 e. The second kappa shape index (κ2) is 4.47. The molecule has 0 aliphatic carbocycles. The molecule has 0 bridgehead atoms. The summed E-state index contributed by atoms with van der Waals surface area (Å²) in [6.45, 7) is 3.32. The molecule has 2 N–H and O–H groups in total. The highest BCUT2D eigenvalue weighted by molar-refractivity contribution is 5.40. The lowest BCUT2D eigenvalue weighted by Crippen LogP contribution is -2.39. The van der Waals surface area contributed by atoms with Gasteiger partial charge < -0.3 is 10.6 Å². The van der Waals surface area contributed by atoms with Crippen molar-refractivity contribution in [1.29, 1.82) is 0 Å². The Morgan fingerprint density at radius 3 is 2.93 bits per heavy atom. The van der Waals surface area contributed by atoms with Crippen molar-refractivity contribution in [3.63, 3.8) is 0 Å². The van der Waals surface area contributed by atoms with Gasteiger partial charge in [0.1, 0.15) is 11.6 Å². The Morgan fingerprint density at radius 1 is 1.40 bits per heavy atom. The summed E-state index contributed by atoms with van der Waals surface area (Å²) in [5, 5.41) is 0. The van der Waals surface area contributed by atoms with Crippen molar-refractivity contribution in [2.24, 2.45) is 0 Å². The molecule has 15 heavy (non-hydrogen) atoms. The van der Waals surface area contributed by atoms with Gasteiger partial charge in [-0.2, -0.15) is 0 Å². The normalized spacial score (nSPS) is 21.7. The van der Waals surface area contributed by atoms with Gasteiger partial charge >= 0.3 is 0 Å². The van der Waals surface area contributed by atoms with E-state index in [2.05, 4.69) is 21.8 Å². The van der Waals surface area contributed by atoms with E-state index in [0.29, 0.717) is 11.9 Å². The fraction of sp³-hybridized carbons (Fsp3) is 0.636. The third-order valence-corrected chi connectivity index (χ3v) is 3.05. The first-order valence-electron chi connectivity index (χ1n) is 5.65. The van der Waals surface area contributed by atoms with E-state index in [-0.39, 0.29) is 0 Å². The van der Waals surface area contributed by atoms with Crippen molar-refractivity contribution < 1.29 is 0 Å². The summed E-state index contributed by atoms with van der Waals surface area (Å²) in [7, 11) is 0. The predicted octanol–water partition coefficient (Wildman–Crippen LogP) is 1.83. The van der Waals surface area contributed by atoms with Gasteiger partial charge in [0.2, 0.25) is 0 Å². The highest BCUT2D eigenvalue weighted by atomic mass is 15.2. The molecule has 1 aliphatic heterocycles. The second-order valence-corrected chi connectivity index (χ2v) is 4.05. The van der Waals surface area contributed by atoms with E-state index in [9.17, 15) is 0 Å². The molecule has 0 spiro atoms. The van der Waals surface area contributed by atoms with Crippen LogP contribution in [0.15, 0.2) is 12.4 Å². The molecule has 1 aromatic heterocycles. The fourth-order valence-electron chi connectivity index (χ4n) is 2.21. The molecule has 2 rings (SSSR count). The van der Waals surface area contributed by atoms with E-state index in [1.807, 2.05) is 0 Å². The summed E-state index contributed by atoms with van der Waals surface area (Å²) >= 11 is 0. The van der Waals surface area contributed by atoms with Crippen LogP contribution in [0.25, 0.3) is 0 Å². The van der Waals surface area contributed by atoms with Crippen LogP contribution >= 0.6 is 0 Å². The molecule has 1 saturated heterocycles. The summed E-state index contributed by atoms with van der Waals surface area (Å²) in [4.78, 5) is 10.8. The largest absolute Gasteiger partial charge is 0.382 e. The molecule has 4 heteroatoms. The van der Waals surface area contributed by atoms with Crippen molar-refractivity contribution in [1.82, 2.24) is 9.97 Å². The molecule has 0 saturated carbocycles. The van der Waals surface area contributed by atoms with Gasteiger partial charge in [-0.25, -0.2) is 9.97 Å². The van der Waals surface area contributed by atoms with Crippen LogP contribution in [0, 0.1) is 0 Å². The zero-order chi connectivity index (χ0) is 10.7. The maximum atomic E-state index is 5.53. The van der Waals surface area contributed by atoms with Gasteiger partial charge in [0.25, 0.3) is 0 Å². The van der Waals surface area contributed by atoms with Crippen LogP contribution in [0.5, 0.6) is 0 Å². The predicted molar refractivity (Wildman–Crippen MR) is 61.7 cm³/mol. The zero-order valence-electron chi connectivity index (χ0n) is 9.19. The minimum absolute atomic E-state index is 0.490. The van der Waals surface area contributed by atoms with Crippen LogP contribution in [0.3, 0.4) is 0 Å². The Kier molecular flexibility index (Phi) is 3.04. The van der Waals surface area contributed by atoms with Gasteiger partial charge in [-0.15, -0.1) is 0 Å². The van der Waals surface area contributed by atoms with Gasteiger partial charge in [0.15, 0.2) is 0 Å². The van der Waals surface area contributed by atoms with Crippen LogP contribution < -0.4 is 10.6 Å². The van der Waals surface area contributed by atoms with E-state index < -0.39 is 0 Å². The lowest BCUT2D eigenvalue weighted by atomic mass is 10.0. The molecule has 1 atom stereocenters. The Hall–Kier alpha value is -1.32. The van der Waals surface area contributed by atoms with Crippen molar-refractivity contribution in [3.05, 3.63) is 12.4 Å². The second-order valence-electron chi connectivity index (χ2n) is 4.05. The molecule has 1 fully saturated rings.